The number of hydrogen-bond acceptors (Lipinski definition) is 6. The summed E-state index contributed by atoms with van der Waals surface area (Å²) in [5, 5.41) is 3.53. The van der Waals surface area contributed by atoms with Crippen LogP contribution in [0.3, 0.4) is 0 Å². The summed E-state index contributed by atoms with van der Waals surface area (Å²) in [6.07, 6.45) is 4.41. The number of pyridine rings is 1. The van der Waals surface area contributed by atoms with Crippen LogP contribution in [0, 0.1) is 0 Å². The second-order valence-electron chi connectivity index (χ2n) is 7.39. The predicted octanol–water partition coefficient (Wildman–Crippen LogP) is 0.873. The van der Waals surface area contributed by atoms with E-state index in [0.29, 0.717) is 13.2 Å². The van der Waals surface area contributed by atoms with E-state index in [2.05, 4.69) is 31.2 Å². The lowest BCUT2D eigenvalue weighted by Gasteiger charge is -2.37. The minimum atomic E-state index is 0.122. The van der Waals surface area contributed by atoms with Crippen molar-refractivity contribution in [3.05, 3.63) is 23.9 Å². The number of nitrogens with zero attached hydrogens (tertiary/aromatic N) is 4. The molecule has 0 saturated carbocycles. The van der Waals surface area contributed by atoms with Crippen molar-refractivity contribution >= 4 is 11.8 Å². The van der Waals surface area contributed by atoms with Gasteiger partial charge in [0.25, 0.3) is 0 Å². The predicted molar refractivity (Wildman–Crippen MR) is 108 cm³/mol. The minimum Gasteiger partial charge on any atom is -0.378 e. The standard InChI is InChI=1S/C20H31N5O3/c1-21-20(25-9-13-28-18(15-25)17-5-3-10-27-17)23-14-16-4-2-6-22-19(16)24-7-11-26-12-8-24/h2,4,6,17-18H,3,5,7-15H2,1H3,(H,21,23). The van der Waals surface area contributed by atoms with Gasteiger partial charge in [0, 0.05) is 58.1 Å². The Morgan fingerprint density at radius 1 is 1.18 bits per heavy atom. The molecule has 2 unspecified atom stereocenters. The van der Waals surface area contributed by atoms with Crippen LogP contribution in [0.4, 0.5) is 5.82 Å². The zero-order valence-electron chi connectivity index (χ0n) is 16.7. The molecule has 3 aliphatic rings. The van der Waals surface area contributed by atoms with E-state index in [1.54, 1.807) is 0 Å². The summed E-state index contributed by atoms with van der Waals surface area (Å²) in [6, 6.07) is 4.12. The minimum absolute atomic E-state index is 0.122. The van der Waals surface area contributed by atoms with Gasteiger partial charge in [0.1, 0.15) is 11.9 Å². The van der Waals surface area contributed by atoms with E-state index in [9.17, 15) is 0 Å². The SMILES string of the molecule is CN=C(NCc1cccnc1N1CCOCC1)N1CCOC(C2CCCO2)C1. The third-order valence-corrected chi connectivity index (χ3v) is 5.60. The summed E-state index contributed by atoms with van der Waals surface area (Å²) in [5.74, 6) is 1.94. The Hall–Kier alpha value is -1.90. The van der Waals surface area contributed by atoms with Crippen LogP contribution in [0.2, 0.25) is 0 Å². The van der Waals surface area contributed by atoms with Gasteiger partial charge >= 0.3 is 0 Å². The van der Waals surface area contributed by atoms with Crippen molar-refractivity contribution in [3.8, 4) is 0 Å². The third-order valence-electron chi connectivity index (χ3n) is 5.60. The molecule has 3 saturated heterocycles. The largest absolute Gasteiger partial charge is 0.378 e. The number of aromatic nitrogens is 1. The van der Waals surface area contributed by atoms with Crippen molar-refractivity contribution in [2.45, 2.75) is 31.6 Å². The van der Waals surface area contributed by atoms with E-state index in [-0.39, 0.29) is 12.2 Å². The van der Waals surface area contributed by atoms with Crippen molar-refractivity contribution in [3.63, 3.8) is 0 Å². The molecule has 8 nitrogen and oxygen atoms in total. The molecule has 0 bridgehead atoms. The number of anilines is 1. The van der Waals surface area contributed by atoms with Crippen LogP contribution in [0.1, 0.15) is 18.4 Å². The van der Waals surface area contributed by atoms with Gasteiger partial charge in [-0.05, 0) is 18.9 Å². The van der Waals surface area contributed by atoms with Crippen molar-refractivity contribution in [1.29, 1.82) is 0 Å². The molecule has 3 fully saturated rings. The molecule has 0 aliphatic carbocycles. The highest BCUT2D eigenvalue weighted by Gasteiger charge is 2.32. The van der Waals surface area contributed by atoms with Gasteiger partial charge in [0.05, 0.1) is 25.9 Å². The average molecular weight is 390 g/mol. The quantitative estimate of drug-likeness (QED) is 0.605. The summed E-state index contributed by atoms with van der Waals surface area (Å²) in [7, 11) is 1.84. The average Bonchev–Trinajstić information content (AvgIpc) is 3.30. The Bertz CT molecular complexity index is 659. The van der Waals surface area contributed by atoms with Gasteiger partial charge < -0.3 is 29.3 Å². The van der Waals surface area contributed by atoms with E-state index >= 15 is 0 Å². The normalized spacial score (nSPS) is 26.5. The Balaban J connectivity index is 1.38. The van der Waals surface area contributed by atoms with Crippen molar-refractivity contribution < 1.29 is 14.2 Å². The highest BCUT2D eigenvalue weighted by atomic mass is 16.5. The van der Waals surface area contributed by atoms with Gasteiger partial charge in [-0.1, -0.05) is 6.07 Å². The van der Waals surface area contributed by atoms with Crippen LogP contribution < -0.4 is 10.2 Å². The van der Waals surface area contributed by atoms with E-state index in [1.165, 1.54) is 5.56 Å². The van der Waals surface area contributed by atoms with Crippen molar-refractivity contribution in [2.24, 2.45) is 4.99 Å². The third kappa shape index (κ3) is 4.56. The Labute approximate surface area is 166 Å². The smallest absolute Gasteiger partial charge is 0.194 e. The first-order chi connectivity index (χ1) is 13.8. The summed E-state index contributed by atoms with van der Waals surface area (Å²) >= 11 is 0. The highest BCUT2D eigenvalue weighted by Crippen LogP contribution is 2.22. The maximum Gasteiger partial charge on any atom is 0.194 e. The summed E-state index contributed by atoms with van der Waals surface area (Å²) in [4.78, 5) is 13.7. The van der Waals surface area contributed by atoms with Gasteiger partial charge in [-0.15, -0.1) is 0 Å². The fourth-order valence-corrected chi connectivity index (χ4v) is 4.12. The molecule has 4 heterocycles. The number of hydrogen-bond donors (Lipinski definition) is 1. The van der Waals surface area contributed by atoms with Crippen LogP contribution in [0.25, 0.3) is 0 Å². The molecule has 0 aromatic carbocycles. The van der Waals surface area contributed by atoms with Crippen LogP contribution in [-0.4, -0.2) is 87.7 Å². The maximum atomic E-state index is 5.97. The molecule has 1 aromatic rings. The molecule has 8 heteroatoms. The molecule has 3 aliphatic heterocycles. The molecule has 0 spiro atoms. The number of morpholine rings is 2. The summed E-state index contributed by atoms with van der Waals surface area (Å²) in [5.41, 5.74) is 1.18. The second-order valence-corrected chi connectivity index (χ2v) is 7.39. The summed E-state index contributed by atoms with van der Waals surface area (Å²) in [6.45, 7) is 7.17. The molecule has 1 aromatic heterocycles. The highest BCUT2D eigenvalue weighted by molar-refractivity contribution is 5.80. The van der Waals surface area contributed by atoms with Gasteiger partial charge in [0.15, 0.2) is 5.96 Å². The Morgan fingerprint density at radius 2 is 2.04 bits per heavy atom. The zero-order valence-corrected chi connectivity index (χ0v) is 16.7. The lowest BCUT2D eigenvalue weighted by Crippen LogP contribution is -2.53. The van der Waals surface area contributed by atoms with Gasteiger partial charge in [0.2, 0.25) is 0 Å². The Morgan fingerprint density at radius 3 is 2.82 bits per heavy atom. The maximum absolute atomic E-state index is 5.97. The lowest BCUT2D eigenvalue weighted by atomic mass is 10.1. The number of guanidine groups is 1. The van der Waals surface area contributed by atoms with Gasteiger partial charge in [-0.2, -0.15) is 0 Å². The van der Waals surface area contributed by atoms with E-state index in [1.807, 2.05) is 19.3 Å². The first-order valence-electron chi connectivity index (χ1n) is 10.3. The van der Waals surface area contributed by atoms with E-state index in [4.69, 9.17) is 14.2 Å². The summed E-state index contributed by atoms with van der Waals surface area (Å²) < 4.78 is 17.3. The monoisotopic (exact) mass is 389 g/mol. The van der Waals surface area contributed by atoms with E-state index in [0.717, 1.165) is 70.6 Å². The topological polar surface area (TPSA) is 71.5 Å². The van der Waals surface area contributed by atoms with Gasteiger partial charge in [-0.3, -0.25) is 4.99 Å². The second kappa shape index (κ2) is 9.54. The van der Waals surface area contributed by atoms with Crippen LogP contribution in [0.15, 0.2) is 23.3 Å². The molecule has 28 heavy (non-hydrogen) atoms. The molecule has 4 rings (SSSR count). The first-order valence-corrected chi connectivity index (χ1v) is 10.3. The molecule has 1 N–H and O–H groups in total. The number of aliphatic imine (C=N–C) groups is 1. The fourth-order valence-electron chi connectivity index (χ4n) is 4.12. The Kier molecular flexibility index (Phi) is 6.61. The van der Waals surface area contributed by atoms with Crippen LogP contribution in [0.5, 0.6) is 0 Å². The first kappa shape index (κ1) is 19.4. The lowest BCUT2D eigenvalue weighted by molar-refractivity contribution is -0.0817. The van der Waals surface area contributed by atoms with Crippen molar-refractivity contribution in [1.82, 2.24) is 15.2 Å². The molecular formula is C20H31N5O3. The zero-order chi connectivity index (χ0) is 19.2. The fraction of sp³-hybridized carbons (Fsp3) is 0.700. The molecular weight excluding hydrogens is 358 g/mol. The number of ether oxygens (including phenoxy) is 3. The molecule has 154 valence electrons. The molecule has 0 radical (unpaired) electrons. The number of nitrogens with one attached hydrogen (secondary N) is 1. The van der Waals surface area contributed by atoms with E-state index < -0.39 is 0 Å². The van der Waals surface area contributed by atoms with Crippen LogP contribution >= 0.6 is 0 Å². The number of rotatable bonds is 4. The van der Waals surface area contributed by atoms with Crippen LogP contribution in [-0.2, 0) is 20.8 Å². The van der Waals surface area contributed by atoms with Gasteiger partial charge in [-0.25, -0.2) is 4.98 Å². The molecule has 2 atom stereocenters. The van der Waals surface area contributed by atoms with Crippen molar-refractivity contribution in [2.75, 3.05) is 64.6 Å². The molecule has 0 amide bonds.